The highest BCUT2D eigenvalue weighted by molar-refractivity contribution is 7.89. The fourth-order valence-electron chi connectivity index (χ4n) is 3.33. The highest BCUT2D eigenvalue weighted by atomic mass is 32.2. The summed E-state index contributed by atoms with van der Waals surface area (Å²) in [7, 11) is -2.38. The molecule has 2 aromatic rings. The number of aromatic nitrogens is 2. The molecule has 30 heavy (non-hydrogen) atoms. The molecule has 3 rings (SSSR count). The van der Waals surface area contributed by atoms with Gasteiger partial charge in [0.15, 0.2) is 0 Å². The van der Waals surface area contributed by atoms with Gasteiger partial charge in [0.05, 0.1) is 17.6 Å². The van der Waals surface area contributed by atoms with Crippen LogP contribution in [0.5, 0.6) is 5.75 Å². The third-order valence-electron chi connectivity index (χ3n) is 4.82. The van der Waals surface area contributed by atoms with E-state index in [1.807, 2.05) is 24.8 Å². The number of sulfonamides is 1. The number of rotatable bonds is 7. The standard InChI is InChI=1S/C19H26N6O4S/c1-4-21-17-12-18(23-13(2)22-17)24-7-9-25(10-8-24)30(27,28)14-5-6-16(29-3)15(11-14)19(20)26/h5-6,11-12H,4,7-10H2,1-3H3,(H2,20,26)(H,21,22,23). The molecule has 1 aliphatic heterocycles. The Labute approximate surface area is 176 Å². The zero-order valence-corrected chi connectivity index (χ0v) is 18.1. The van der Waals surface area contributed by atoms with Crippen LogP contribution in [0, 0.1) is 6.92 Å². The Kier molecular flexibility index (Phi) is 6.42. The molecule has 0 atom stereocenters. The van der Waals surface area contributed by atoms with Gasteiger partial charge in [-0.2, -0.15) is 4.31 Å². The molecule has 0 spiro atoms. The zero-order chi connectivity index (χ0) is 21.9. The van der Waals surface area contributed by atoms with Gasteiger partial charge in [0.1, 0.15) is 23.2 Å². The zero-order valence-electron chi connectivity index (χ0n) is 17.3. The summed E-state index contributed by atoms with van der Waals surface area (Å²) >= 11 is 0. The molecule has 0 aliphatic carbocycles. The van der Waals surface area contributed by atoms with E-state index in [4.69, 9.17) is 10.5 Å². The average molecular weight is 435 g/mol. The molecular formula is C19H26N6O4S. The van der Waals surface area contributed by atoms with E-state index in [0.717, 1.165) is 18.2 Å². The van der Waals surface area contributed by atoms with Gasteiger partial charge in [-0.15, -0.1) is 0 Å². The van der Waals surface area contributed by atoms with Gasteiger partial charge in [0.2, 0.25) is 10.0 Å². The Hall–Kier alpha value is -2.92. The van der Waals surface area contributed by atoms with Gasteiger partial charge < -0.3 is 20.7 Å². The number of piperazine rings is 1. The number of carbonyl (C=O) groups is 1. The second-order valence-corrected chi connectivity index (χ2v) is 8.74. The van der Waals surface area contributed by atoms with Crippen LogP contribution in [-0.4, -0.2) is 68.4 Å². The average Bonchev–Trinajstić information content (AvgIpc) is 2.73. The molecule has 162 valence electrons. The van der Waals surface area contributed by atoms with E-state index >= 15 is 0 Å². The Balaban J connectivity index is 1.77. The van der Waals surface area contributed by atoms with Crippen molar-refractivity contribution >= 4 is 27.6 Å². The van der Waals surface area contributed by atoms with Gasteiger partial charge in [-0.25, -0.2) is 18.4 Å². The quantitative estimate of drug-likeness (QED) is 0.655. The van der Waals surface area contributed by atoms with E-state index in [2.05, 4.69) is 15.3 Å². The maximum Gasteiger partial charge on any atom is 0.252 e. The minimum Gasteiger partial charge on any atom is -0.496 e. The topological polar surface area (TPSA) is 131 Å². The second kappa shape index (κ2) is 8.84. The lowest BCUT2D eigenvalue weighted by atomic mass is 10.2. The number of nitrogens with one attached hydrogen (secondary N) is 1. The van der Waals surface area contributed by atoms with Crippen molar-refractivity contribution in [3.8, 4) is 5.75 Å². The van der Waals surface area contributed by atoms with E-state index in [-0.39, 0.29) is 16.2 Å². The lowest BCUT2D eigenvalue weighted by Crippen LogP contribution is -2.49. The first kappa shape index (κ1) is 21.8. The molecule has 1 aromatic carbocycles. The fraction of sp³-hybridized carbons (Fsp3) is 0.421. The highest BCUT2D eigenvalue weighted by Crippen LogP contribution is 2.26. The summed E-state index contributed by atoms with van der Waals surface area (Å²) in [5.74, 6) is 1.64. The summed E-state index contributed by atoms with van der Waals surface area (Å²) in [6.45, 7) is 6.12. The van der Waals surface area contributed by atoms with E-state index in [9.17, 15) is 13.2 Å². The Morgan fingerprint density at radius 1 is 1.20 bits per heavy atom. The van der Waals surface area contributed by atoms with Crippen molar-refractivity contribution in [3.63, 3.8) is 0 Å². The first-order valence-electron chi connectivity index (χ1n) is 9.58. The third-order valence-corrected chi connectivity index (χ3v) is 6.71. The number of benzene rings is 1. The summed E-state index contributed by atoms with van der Waals surface area (Å²) < 4.78 is 32.6. The lowest BCUT2D eigenvalue weighted by molar-refractivity contribution is 0.0997. The van der Waals surface area contributed by atoms with Crippen molar-refractivity contribution in [2.45, 2.75) is 18.7 Å². The summed E-state index contributed by atoms with van der Waals surface area (Å²) in [4.78, 5) is 22.5. The largest absolute Gasteiger partial charge is 0.496 e. The van der Waals surface area contributed by atoms with E-state index < -0.39 is 15.9 Å². The summed E-state index contributed by atoms with van der Waals surface area (Å²) in [6, 6.07) is 5.99. The predicted molar refractivity (Wildman–Crippen MR) is 113 cm³/mol. The molecule has 1 aromatic heterocycles. The van der Waals surface area contributed by atoms with Gasteiger partial charge in [-0.05, 0) is 32.0 Å². The number of nitrogens with two attached hydrogens (primary N) is 1. The van der Waals surface area contributed by atoms with Crippen LogP contribution in [0.4, 0.5) is 11.6 Å². The van der Waals surface area contributed by atoms with Crippen LogP contribution in [0.2, 0.25) is 0 Å². The number of hydrogen-bond acceptors (Lipinski definition) is 8. The van der Waals surface area contributed by atoms with Gasteiger partial charge in [0, 0.05) is 38.8 Å². The van der Waals surface area contributed by atoms with E-state index in [0.29, 0.717) is 32.0 Å². The molecule has 1 aliphatic rings. The molecular weight excluding hydrogens is 408 g/mol. The SMILES string of the molecule is CCNc1cc(N2CCN(S(=O)(=O)c3ccc(OC)c(C(N)=O)c3)CC2)nc(C)n1. The lowest BCUT2D eigenvalue weighted by Gasteiger charge is -2.34. The van der Waals surface area contributed by atoms with Crippen molar-refractivity contribution in [2.24, 2.45) is 5.73 Å². The number of nitrogens with zero attached hydrogens (tertiary/aromatic N) is 4. The van der Waals surface area contributed by atoms with Crippen LogP contribution in [0.25, 0.3) is 0 Å². The van der Waals surface area contributed by atoms with Crippen molar-refractivity contribution < 1.29 is 17.9 Å². The highest BCUT2D eigenvalue weighted by Gasteiger charge is 2.30. The van der Waals surface area contributed by atoms with Gasteiger partial charge in [-0.1, -0.05) is 0 Å². The number of anilines is 2. The van der Waals surface area contributed by atoms with Crippen LogP contribution in [0.3, 0.4) is 0 Å². The minimum atomic E-state index is -3.78. The molecule has 0 saturated carbocycles. The summed E-state index contributed by atoms with van der Waals surface area (Å²) in [6.07, 6.45) is 0. The molecule has 0 radical (unpaired) electrons. The van der Waals surface area contributed by atoms with Crippen molar-refractivity contribution in [3.05, 3.63) is 35.7 Å². The van der Waals surface area contributed by atoms with Gasteiger partial charge in [0.25, 0.3) is 5.91 Å². The van der Waals surface area contributed by atoms with Crippen LogP contribution >= 0.6 is 0 Å². The number of aryl methyl sites for hydroxylation is 1. The molecule has 1 fully saturated rings. The molecule has 0 unspecified atom stereocenters. The number of carbonyl (C=O) groups excluding carboxylic acids is 1. The Morgan fingerprint density at radius 2 is 1.90 bits per heavy atom. The van der Waals surface area contributed by atoms with Crippen LogP contribution in [0.1, 0.15) is 23.1 Å². The number of amides is 1. The molecule has 11 heteroatoms. The maximum atomic E-state index is 13.1. The minimum absolute atomic E-state index is 0.0119. The Morgan fingerprint density at radius 3 is 2.50 bits per heavy atom. The first-order chi connectivity index (χ1) is 14.3. The van der Waals surface area contributed by atoms with Crippen molar-refractivity contribution in [2.75, 3.05) is 50.1 Å². The van der Waals surface area contributed by atoms with Gasteiger partial charge >= 0.3 is 0 Å². The molecule has 1 saturated heterocycles. The number of ether oxygens (including phenoxy) is 1. The molecule has 1 amide bonds. The molecule has 2 heterocycles. The predicted octanol–water partition coefficient (Wildman–Crippen LogP) is 0.835. The van der Waals surface area contributed by atoms with Crippen LogP contribution in [-0.2, 0) is 10.0 Å². The van der Waals surface area contributed by atoms with Crippen LogP contribution < -0.4 is 20.7 Å². The molecule has 10 nitrogen and oxygen atoms in total. The van der Waals surface area contributed by atoms with Crippen molar-refractivity contribution in [1.29, 1.82) is 0 Å². The number of methoxy groups -OCH3 is 1. The van der Waals surface area contributed by atoms with E-state index in [1.165, 1.54) is 29.6 Å². The maximum absolute atomic E-state index is 13.1. The molecule has 0 bridgehead atoms. The molecule has 3 N–H and O–H groups in total. The normalized spacial score (nSPS) is 15.1. The number of hydrogen-bond donors (Lipinski definition) is 2. The van der Waals surface area contributed by atoms with Gasteiger partial charge in [-0.3, -0.25) is 4.79 Å². The first-order valence-corrected chi connectivity index (χ1v) is 11.0. The monoisotopic (exact) mass is 434 g/mol. The van der Waals surface area contributed by atoms with E-state index in [1.54, 1.807) is 0 Å². The fourth-order valence-corrected chi connectivity index (χ4v) is 4.78. The smallest absolute Gasteiger partial charge is 0.252 e. The van der Waals surface area contributed by atoms with Crippen molar-refractivity contribution in [1.82, 2.24) is 14.3 Å². The van der Waals surface area contributed by atoms with Crippen LogP contribution in [0.15, 0.2) is 29.2 Å². The third kappa shape index (κ3) is 4.46. The summed E-state index contributed by atoms with van der Waals surface area (Å²) in [5, 5.41) is 3.17. The second-order valence-electron chi connectivity index (χ2n) is 6.81. The Bertz CT molecular complexity index is 1040. The number of primary amides is 1. The summed E-state index contributed by atoms with van der Waals surface area (Å²) in [5.41, 5.74) is 5.39.